The maximum Gasteiger partial charge on any atom is 0.254 e. The standard InChI is InChI=1S/C22H17F2NO3/c23-15-6-8-19(20(24)12-15)22(26)25-13-18-11-14-10-17(7-9-21(14)28-18)27-16-4-2-1-3-5-16/h1-10,12,18H,11,13H2,(H,25,26)/t18-/m0/s1. The fourth-order valence-corrected chi connectivity index (χ4v) is 3.07. The highest BCUT2D eigenvalue weighted by atomic mass is 19.1. The van der Waals surface area contributed by atoms with Crippen LogP contribution in [0.5, 0.6) is 17.2 Å². The van der Waals surface area contributed by atoms with Crippen LogP contribution in [0.1, 0.15) is 15.9 Å². The van der Waals surface area contributed by atoms with Crippen LogP contribution in [-0.4, -0.2) is 18.6 Å². The van der Waals surface area contributed by atoms with Gasteiger partial charge < -0.3 is 14.8 Å². The van der Waals surface area contributed by atoms with Gasteiger partial charge in [-0.25, -0.2) is 8.78 Å². The van der Waals surface area contributed by atoms with Gasteiger partial charge in [0, 0.05) is 18.1 Å². The number of carbonyl (C=O) groups excluding carboxylic acids is 1. The number of hydrogen-bond acceptors (Lipinski definition) is 3. The van der Waals surface area contributed by atoms with E-state index in [-0.39, 0.29) is 18.2 Å². The van der Waals surface area contributed by atoms with Gasteiger partial charge in [-0.15, -0.1) is 0 Å². The van der Waals surface area contributed by atoms with Gasteiger partial charge in [0.05, 0.1) is 12.1 Å². The van der Waals surface area contributed by atoms with Crippen molar-refractivity contribution in [3.05, 3.63) is 89.5 Å². The molecule has 0 spiro atoms. The molecule has 3 aromatic carbocycles. The van der Waals surface area contributed by atoms with Crippen molar-refractivity contribution in [3.8, 4) is 17.2 Å². The number of fused-ring (bicyclic) bond motifs is 1. The molecule has 4 rings (SSSR count). The highest BCUT2D eigenvalue weighted by Crippen LogP contribution is 2.33. The average Bonchev–Trinajstić information content (AvgIpc) is 3.09. The van der Waals surface area contributed by atoms with Crippen molar-refractivity contribution in [2.24, 2.45) is 0 Å². The van der Waals surface area contributed by atoms with Gasteiger partial charge in [0.1, 0.15) is 35.0 Å². The topological polar surface area (TPSA) is 47.6 Å². The third kappa shape index (κ3) is 3.96. The summed E-state index contributed by atoms with van der Waals surface area (Å²) in [5, 5.41) is 2.63. The summed E-state index contributed by atoms with van der Waals surface area (Å²) in [5.74, 6) is -0.0520. The first-order valence-corrected chi connectivity index (χ1v) is 8.84. The summed E-state index contributed by atoms with van der Waals surface area (Å²) in [4.78, 5) is 12.1. The number of rotatable bonds is 5. The van der Waals surface area contributed by atoms with E-state index in [0.717, 1.165) is 29.2 Å². The molecule has 1 heterocycles. The fraction of sp³-hybridized carbons (Fsp3) is 0.136. The Hall–Kier alpha value is -3.41. The summed E-state index contributed by atoms with van der Waals surface area (Å²) in [7, 11) is 0. The first-order valence-electron chi connectivity index (χ1n) is 8.84. The van der Waals surface area contributed by atoms with Crippen LogP contribution >= 0.6 is 0 Å². The number of nitrogens with one attached hydrogen (secondary N) is 1. The second kappa shape index (κ2) is 7.68. The molecule has 0 radical (unpaired) electrons. The SMILES string of the molecule is O=C(NC[C@@H]1Cc2cc(Oc3ccccc3)ccc2O1)c1ccc(F)cc1F. The summed E-state index contributed by atoms with van der Waals surface area (Å²) < 4.78 is 38.3. The number of amides is 1. The Labute approximate surface area is 160 Å². The van der Waals surface area contributed by atoms with E-state index in [1.807, 2.05) is 48.5 Å². The largest absolute Gasteiger partial charge is 0.488 e. The van der Waals surface area contributed by atoms with E-state index in [4.69, 9.17) is 9.47 Å². The van der Waals surface area contributed by atoms with Crippen LogP contribution in [0.3, 0.4) is 0 Å². The molecular weight excluding hydrogens is 364 g/mol. The van der Waals surface area contributed by atoms with Gasteiger partial charge >= 0.3 is 0 Å². The van der Waals surface area contributed by atoms with Crippen molar-refractivity contribution >= 4 is 5.91 Å². The summed E-state index contributed by atoms with van der Waals surface area (Å²) >= 11 is 0. The molecule has 0 aromatic heterocycles. The van der Waals surface area contributed by atoms with E-state index in [2.05, 4.69) is 5.32 Å². The molecule has 142 valence electrons. The van der Waals surface area contributed by atoms with Crippen molar-refractivity contribution in [1.29, 1.82) is 0 Å². The lowest BCUT2D eigenvalue weighted by Gasteiger charge is -2.12. The summed E-state index contributed by atoms with van der Waals surface area (Å²) in [6, 6.07) is 17.9. The highest BCUT2D eigenvalue weighted by molar-refractivity contribution is 5.94. The molecule has 0 fully saturated rings. The van der Waals surface area contributed by atoms with Crippen LogP contribution < -0.4 is 14.8 Å². The predicted molar refractivity (Wildman–Crippen MR) is 99.8 cm³/mol. The van der Waals surface area contributed by atoms with Crippen LogP contribution in [0, 0.1) is 11.6 Å². The molecule has 1 N–H and O–H groups in total. The Bertz CT molecular complexity index is 1010. The Morgan fingerprint density at radius 2 is 1.86 bits per heavy atom. The Balaban J connectivity index is 1.36. The number of hydrogen-bond donors (Lipinski definition) is 1. The maximum absolute atomic E-state index is 13.7. The van der Waals surface area contributed by atoms with Gasteiger partial charge in [-0.1, -0.05) is 18.2 Å². The Kier molecular flexibility index (Phi) is 4.93. The van der Waals surface area contributed by atoms with E-state index >= 15 is 0 Å². The fourth-order valence-electron chi connectivity index (χ4n) is 3.07. The van der Waals surface area contributed by atoms with E-state index in [1.165, 1.54) is 0 Å². The van der Waals surface area contributed by atoms with Crippen LogP contribution in [-0.2, 0) is 6.42 Å². The van der Waals surface area contributed by atoms with Crippen molar-refractivity contribution in [2.45, 2.75) is 12.5 Å². The maximum atomic E-state index is 13.7. The number of benzene rings is 3. The molecule has 0 bridgehead atoms. The lowest BCUT2D eigenvalue weighted by molar-refractivity contribution is 0.0929. The molecule has 1 amide bonds. The van der Waals surface area contributed by atoms with Crippen molar-refractivity contribution in [2.75, 3.05) is 6.54 Å². The molecule has 1 atom stereocenters. The predicted octanol–water partition coefficient (Wildman–Crippen LogP) is 4.49. The van der Waals surface area contributed by atoms with E-state index in [9.17, 15) is 13.6 Å². The van der Waals surface area contributed by atoms with Crippen LogP contribution in [0.2, 0.25) is 0 Å². The molecule has 28 heavy (non-hydrogen) atoms. The molecule has 0 saturated carbocycles. The summed E-state index contributed by atoms with van der Waals surface area (Å²) in [6.45, 7) is 0.208. The van der Waals surface area contributed by atoms with Gasteiger partial charge in [-0.3, -0.25) is 4.79 Å². The van der Waals surface area contributed by atoms with Crippen molar-refractivity contribution in [3.63, 3.8) is 0 Å². The number of para-hydroxylation sites is 1. The molecule has 6 heteroatoms. The van der Waals surface area contributed by atoms with Crippen molar-refractivity contribution in [1.82, 2.24) is 5.32 Å². The lowest BCUT2D eigenvalue weighted by atomic mass is 10.1. The molecule has 3 aromatic rings. The quantitative estimate of drug-likeness (QED) is 0.708. The normalized spacial score (nSPS) is 14.9. The van der Waals surface area contributed by atoms with Crippen LogP contribution in [0.4, 0.5) is 8.78 Å². The van der Waals surface area contributed by atoms with Gasteiger partial charge in [0.15, 0.2) is 0 Å². The smallest absolute Gasteiger partial charge is 0.254 e. The van der Waals surface area contributed by atoms with E-state index < -0.39 is 17.5 Å². The molecule has 1 aliphatic rings. The summed E-state index contributed by atoms with van der Waals surface area (Å²) in [5.41, 5.74) is 0.774. The van der Waals surface area contributed by atoms with Crippen LogP contribution in [0.15, 0.2) is 66.7 Å². The zero-order valence-corrected chi connectivity index (χ0v) is 14.8. The summed E-state index contributed by atoms with van der Waals surface area (Å²) in [6.07, 6.45) is 0.322. The molecule has 0 saturated heterocycles. The zero-order chi connectivity index (χ0) is 19.5. The third-order valence-electron chi connectivity index (χ3n) is 4.42. The monoisotopic (exact) mass is 381 g/mol. The number of ether oxygens (including phenoxy) is 2. The second-order valence-corrected chi connectivity index (χ2v) is 6.46. The minimum Gasteiger partial charge on any atom is -0.488 e. The van der Waals surface area contributed by atoms with Gasteiger partial charge in [0.25, 0.3) is 5.91 Å². The molecule has 0 aliphatic carbocycles. The average molecular weight is 381 g/mol. The number of halogens is 2. The van der Waals surface area contributed by atoms with Gasteiger partial charge in [-0.2, -0.15) is 0 Å². The number of carbonyl (C=O) groups is 1. The van der Waals surface area contributed by atoms with E-state index in [1.54, 1.807) is 0 Å². The first kappa shape index (κ1) is 18.0. The Morgan fingerprint density at radius 3 is 2.64 bits per heavy atom. The minimum absolute atomic E-state index is 0.199. The third-order valence-corrected chi connectivity index (χ3v) is 4.42. The second-order valence-electron chi connectivity index (χ2n) is 6.46. The lowest BCUT2D eigenvalue weighted by Crippen LogP contribution is -2.34. The molecule has 0 unspecified atom stereocenters. The molecular formula is C22H17F2NO3. The van der Waals surface area contributed by atoms with Gasteiger partial charge in [-0.05, 0) is 42.5 Å². The highest BCUT2D eigenvalue weighted by Gasteiger charge is 2.24. The minimum atomic E-state index is -0.893. The van der Waals surface area contributed by atoms with Crippen LogP contribution in [0.25, 0.3) is 0 Å². The Morgan fingerprint density at radius 1 is 1.04 bits per heavy atom. The van der Waals surface area contributed by atoms with Gasteiger partial charge in [0.2, 0.25) is 0 Å². The molecule has 4 nitrogen and oxygen atoms in total. The van der Waals surface area contributed by atoms with Crippen molar-refractivity contribution < 1.29 is 23.0 Å². The zero-order valence-electron chi connectivity index (χ0n) is 14.8. The van der Waals surface area contributed by atoms with E-state index in [0.29, 0.717) is 18.2 Å². The molecule has 1 aliphatic heterocycles. The first-order chi connectivity index (χ1) is 13.6.